The Morgan fingerprint density at radius 1 is 1.31 bits per heavy atom. The lowest BCUT2D eigenvalue weighted by Crippen LogP contribution is -2.41. The number of hydrogen-bond acceptors (Lipinski definition) is 6. The number of amides is 1. The van der Waals surface area contributed by atoms with Gasteiger partial charge >= 0.3 is 0 Å². The van der Waals surface area contributed by atoms with Crippen LogP contribution in [0.4, 0.5) is 5.82 Å². The fraction of sp³-hybridized carbons (Fsp3) is 0.333. The zero-order valence-corrected chi connectivity index (χ0v) is 14.4. The molecule has 0 aliphatic carbocycles. The number of fused-ring (bicyclic) bond motifs is 1. The molecule has 0 bridgehead atoms. The van der Waals surface area contributed by atoms with Gasteiger partial charge in [-0.2, -0.15) is 5.10 Å². The Bertz CT molecular complexity index is 926. The van der Waals surface area contributed by atoms with Gasteiger partial charge in [-0.1, -0.05) is 18.2 Å². The topological polar surface area (TPSA) is 96.2 Å². The predicted octanol–water partition coefficient (Wildman–Crippen LogP) is 0.590. The number of aliphatic hydroxyl groups excluding tert-OH is 1. The molecule has 26 heavy (non-hydrogen) atoms. The zero-order chi connectivity index (χ0) is 18.1. The van der Waals surface area contributed by atoms with Crippen molar-refractivity contribution in [3.05, 3.63) is 48.5 Å². The molecule has 8 nitrogen and oxygen atoms in total. The summed E-state index contributed by atoms with van der Waals surface area (Å²) >= 11 is 0. The second-order valence-corrected chi connectivity index (χ2v) is 6.48. The van der Waals surface area contributed by atoms with Crippen LogP contribution in [0.2, 0.25) is 0 Å². The monoisotopic (exact) mass is 352 g/mol. The highest BCUT2D eigenvalue weighted by Crippen LogP contribution is 2.23. The largest absolute Gasteiger partial charge is 0.396 e. The van der Waals surface area contributed by atoms with E-state index in [2.05, 4.69) is 20.4 Å². The lowest BCUT2D eigenvalue weighted by molar-refractivity contribution is 0.0917. The summed E-state index contributed by atoms with van der Waals surface area (Å²) in [7, 11) is 1.82. The maximum Gasteiger partial charge on any atom is 0.272 e. The Morgan fingerprint density at radius 3 is 2.92 bits per heavy atom. The molecule has 3 aromatic rings. The first-order valence-corrected chi connectivity index (χ1v) is 8.52. The third-order valence-corrected chi connectivity index (χ3v) is 4.86. The fourth-order valence-electron chi connectivity index (χ4n) is 3.50. The van der Waals surface area contributed by atoms with Crippen LogP contribution in [0.25, 0.3) is 10.9 Å². The molecule has 1 aliphatic heterocycles. The second-order valence-electron chi connectivity index (χ2n) is 6.48. The Hall–Kier alpha value is -3.00. The molecule has 2 N–H and O–H groups in total. The molecule has 2 aromatic heterocycles. The van der Waals surface area contributed by atoms with Gasteiger partial charge in [-0.05, 0) is 12.1 Å². The molecule has 1 amide bonds. The van der Waals surface area contributed by atoms with E-state index in [4.69, 9.17) is 0 Å². The molecule has 4 rings (SSSR count). The van der Waals surface area contributed by atoms with Gasteiger partial charge < -0.3 is 15.3 Å². The van der Waals surface area contributed by atoms with E-state index in [0.717, 1.165) is 16.7 Å². The molecule has 1 fully saturated rings. The number of nitrogens with zero attached hydrogens (tertiary/aromatic N) is 5. The van der Waals surface area contributed by atoms with Crippen LogP contribution in [0, 0.1) is 5.92 Å². The first-order chi connectivity index (χ1) is 12.7. The van der Waals surface area contributed by atoms with Crippen molar-refractivity contribution in [1.29, 1.82) is 0 Å². The summed E-state index contributed by atoms with van der Waals surface area (Å²) in [6.07, 6.45) is 3.18. The number of aromatic nitrogens is 4. The highest BCUT2D eigenvalue weighted by Gasteiger charge is 2.34. The van der Waals surface area contributed by atoms with Crippen molar-refractivity contribution in [2.45, 2.75) is 6.04 Å². The number of benzene rings is 1. The van der Waals surface area contributed by atoms with Gasteiger partial charge in [0.2, 0.25) is 0 Å². The van der Waals surface area contributed by atoms with E-state index in [-0.39, 0.29) is 24.5 Å². The minimum Gasteiger partial charge on any atom is -0.396 e. The van der Waals surface area contributed by atoms with Crippen LogP contribution in [0.1, 0.15) is 10.5 Å². The number of aryl methyl sites for hydroxylation is 1. The number of carbonyl (C=O) groups is 1. The molecule has 0 unspecified atom stereocenters. The summed E-state index contributed by atoms with van der Waals surface area (Å²) in [5, 5.41) is 18.0. The van der Waals surface area contributed by atoms with E-state index in [9.17, 15) is 9.90 Å². The van der Waals surface area contributed by atoms with Crippen molar-refractivity contribution in [3.63, 3.8) is 0 Å². The first-order valence-electron chi connectivity index (χ1n) is 8.52. The number of aliphatic hydroxyl groups is 1. The van der Waals surface area contributed by atoms with Crippen LogP contribution >= 0.6 is 0 Å². The number of carbonyl (C=O) groups excluding carboxylic acids is 1. The van der Waals surface area contributed by atoms with Gasteiger partial charge in [0, 0.05) is 44.2 Å². The fourth-order valence-corrected chi connectivity index (χ4v) is 3.50. The number of rotatable bonds is 4. The summed E-state index contributed by atoms with van der Waals surface area (Å²) in [5.74, 6) is 0.497. The molecule has 0 radical (unpaired) electrons. The lowest BCUT2D eigenvalue weighted by Gasteiger charge is -2.17. The molecule has 1 aliphatic rings. The van der Waals surface area contributed by atoms with Gasteiger partial charge in [0.1, 0.15) is 12.1 Å². The first kappa shape index (κ1) is 16.5. The Kier molecular flexibility index (Phi) is 4.26. The molecule has 134 valence electrons. The van der Waals surface area contributed by atoms with Crippen molar-refractivity contribution in [3.8, 4) is 0 Å². The molecule has 1 aromatic carbocycles. The lowest BCUT2D eigenvalue weighted by atomic mass is 10.0. The SMILES string of the molecule is Cn1nc(C(=O)N[C@@H]2CN(c3ccncn3)C[C@H]2CO)c2ccccc21. The minimum atomic E-state index is -0.227. The summed E-state index contributed by atoms with van der Waals surface area (Å²) in [5.41, 5.74) is 1.31. The normalized spacial score (nSPS) is 19.8. The number of hydrogen-bond donors (Lipinski definition) is 2. The molecule has 8 heteroatoms. The quantitative estimate of drug-likeness (QED) is 0.713. The van der Waals surface area contributed by atoms with E-state index in [0.29, 0.717) is 18.8 Å². The maximum atomic E-state index is 12.8. The van der Waals surface area contributed by atoms with E-state index >= 15 is 0 Å². The van der Waals surface area contributed by atoms with Gasteiger partial charge in [-0.3, -0.25) is 9.48 Å². The highest BCUT2D eigenvalue weighted by molar-refractivity contribution is 6.05. The van der Waals surface area contributed by atoms with E-state index in [1.54, 1.807) is 10.9 Å². The van der Waals surface area contributed by atoms with Crippen LogP contribution in [0.15, 0.2) is 42.9 Å². The van der Waals surface area contributed by atoms with E-state index in [1.165, 1.54) is 6.33 Å². The summed E-state index contributed by atoms with van der Waals surface area (Å²) < 4.78 is 1.70. The maximum absolute atomic E-state index is 12.8. The van der Waals surface area contributed by atoms with Crippen molar-refractivity contribution < 1.29 is 9.90 Å². The second kappa shape index (κ2) is 6.72. The number of anilines is 1. The Labute approximate surface area is 150 Å². The summed E-state index contributed by atoms with van der Waals surface area (Å²) in [6.45, 7) is 1.20. The third-order valence-electron chi connectivity index (χ3n) is 4.86. The van der Waals surface area contributed by atoms with Crippen LogP contribution in [-0.2, 0) is 7.05 Å². The number of para-hydroxylation sites is 1. The van der Waals surface area contributed by atoms with Gasteiger partial charge in [0.05, 0.1) is 11.6 Å². The van der Waals surface area contributed by atoms with Crippen molar-refractivity contribution in [2.75, 3.05) is 24.6 Å². The molecule has 1 saturated heterocycles. The van der Waals surface area contributed by atoms with E-state index < -0.39 is 0 Å². The smallest absolute Gasteiger partial charge is 0.272 e. The Morgan fingerprint density at radius 2 is 2.15 bits per heavy atom. The third kappa shape index (κ3) is 2.88. The molecule has 0 saturated carbocycles. The molecular weight excluding hydrogens is 332 g/mol. The minimum absolute atomic E-state index is 0.00447. The van der Waals surface area contributed by atoms with Crippen LogP contribution in [0.3, 0.4) is 0 Å². The molecule has 3 heterocycles. The van der Waals surface area contributed by atoms with Gasteiger partial charge in [0.15, 0.2) is 5.69 Å². The Balaban J connectivity index is 1.55. The highest BCUT2D eigenvalue weighted by atomic mass is 16.3. The molecule has 0 spiro atoms. The van der Waals surface area contributed by atoms with Crippen molar-refractivity contribution in [1.82, 2.24) is 25.1 Å². The predicted molar refractivity (Wildman–Crippen MR) is 96.8 cm³/mol. The zero-order valence-electron chi connectivity index (χ0n) is 14.4. The molecule has 2 atom stereocenters. The van der Waals surface area contributed by atoms with Gasteiger partial charge in [-0.25, -0.2) is 9.97 Å². The average Bonchev–Trinajstić information content (AvgIpc) is 3.24. The van der Waals surface area contributed by atoms with Crippen LogP contribution < -0.4 is 10.2 Å². The van der Waals surface area contributed by atoms with E-state index in [1.807, 2.05) is 42.3 Å². The average molecular weight is 352 g/mol. The van der Waals surface area contributed by atoms with Gasteiger partial charge in [0.25, 0.3) is 5.91 Å². The van der Waals surface area contributed by atoms with Crippen LogP contribution in [0.5, 0.6) is 0 Å². The summed E-state index contributed by atoms with van der Waals surface area (Å²) in [6, 6.07) is 9.28. The molecular formula is C18H20N6O2. The van der Waals surface area contributed by atoms with Gasteiger partial charge in [-0.15, -0.1) is 0 Å². The summed E-state index contributed by atoms with van der Waals surface area (Å²) in [4.78, 5) is 23.0. The van der Waals surface area contributed by atoms with Crippen LogP contribution in [-0.4, -0.2) is 56.5 Å². The standard InChI is InChI=1S/C18H20N6O2/c1-23-15-5-3-2-4-13(15)17(22-23)18(26)21-14-9-24(8-12(14)10-25)16-6-7-19-11-20-16/h2-7,11-12,14,25H,8-10H2,1H3,(H,21,26)/t12-,14+/m0/s1. The van der Waals surface area contributed by atoms with Crippen molar-refractivity contribution >= 4 is 22.6 Å². The number of nitrogens with one attached hydrogen (secondary N) is 1. The van der Waals surface area contributed by atoms with Crippen molar-refractivity contribution in [2.24, 2.45) is 13.0 Å².